The Hall–Kier alpha value is -2.95. The first-order valence-corrected chi connectivity index (χ1v) is 12.0. The lowest BCUT2D eigenvalue weighted by Crippen LogP contribution is -2.33. The molecule has 0 fully saturated rings. The lowest BCUT2D eigenvalue weighted by molar-refractivity contribution is -0.121. The number of alkyl halides is 3. The summed E-state index contributed by atoms with van der Waals surface area (Å²) >= 11 is 0. The quantitative estimate of drug-likeness (QED) is 0.438. The third kappa shape index (κ3) is 7.54. The monoisotopic (exact) mass is 494 g/mol. The molecular weight excluding hydrogens is 469 g/mol. The Morgan fingerprint density at radius 1 is 1.06 bits per heavy atom. The minimum absolute atomic E-state index is 0.264. The number of pyridine rings is 1. The molecule has 3 rings (SSSR count). The molecule has 2 atom stereocenters. The number of halogens is 3. The Bertz CT molecular complexity index is 1170. The van der Waals surface area contributed by atoms with Gasteiger partial charge in [0.2, 0.25) is 10.0 Å². The number of aliphatic hydroxyl groups excluding tert-OH is 1. The Labute approximate surface area is 196 Å². The van der Waals surface area contributed by atoms with Gasteiger partial charge in [-0.25, -0.2) is 13.1 Å². The molecule has 1 heterocycles. The number of aliphatic hydroxyl groups is 1. The molecule has 34 heavy (non-hydrogen) atoms. The molecule has 0 radical (unpaired) electrons. The van der Waals surface area contributed by atoms with E-state index in [1.807, 2.05) is 12.1 Å². The third-order valence-corrected chi connectivity index (χ3v) is 6.51. The summed E-state index contributed by atoms with van der Waals surface area (Å²) in [6.07, 6.45) is -1.18. The average Bonchev–Trinajstić information content (AvgIpc) is 2.82. The van der Waals surface area contributed by atoms with Gasteiger partial charge in [0.05, 0.1) is 11.0 Å². The third-order valence-electron chi connectivity index (χ3n) is 5.11. The van der Waals surface area contributed by atoms with E-state index >= 15 is 0 Å². The van der Waals surface area contributed by atoms with Crippen molar-refractivity contribution in [1.82, 2.24) is 9.71 Å². The van der Waals surface area contributed by atoms with Crippen molar-refractivity contribution in [3.63, 3.8) is 0 Å². The molecular formula is C24H25F3N2O4S. The van der Waals surface area contributed by atoms with Crippen LogP contribution in [0.15, 0.2) is 78.0 Å². The van der Waals surface area contributed by atoms with E-state index in [0.717, 1.165) is 5.56 Å². The molecule has 0 bridgehead atoms. The molecule has 6 nitrogen and oxygen atoms in total. The zero-order valence-electron chi connectivity index (χ0n) is 18.4. The number of rotatable bonds is 10. The second kappa shape index (κ2) is 11.0. The molecule has 0 unspecified atom stereocenters. The molecule has 0 spiro atoms. The van der Waals surface area contributed by atoms with Crippen molar-refractivity contribution in [1.29, 1.82) is 0 Å². The van der Waals surface area contributed by atoms with Gasteiger partial charge in [-0.15, -0.1) is 0 Å². The number of ether oxygens (including phenoxy) is 1. The molecule has 0 saturated carbocycles. The normalized spacial score (nSPS) is 13.9. The summed E-state index contributed by atoms with van der Waals surface area (Å²) in [4.78, 5) is 3.79. The van der Waals surface area contributed by atoms with Crippen LogP contribution < -0.4 is 9.46 Å². The lowest BCUT2D eigenvalue weighted by Gasteiger charge is -2.20. The highest BCUT2D eigenvalue weighted by molar-refractivity contribution is 7.89. The number of hydrogen-bond donors (Lipinski definition) is 2. The second-order valence-electron chi connectivity index (χ2n) is 7.78. The van der Waals surface area contributed by atoms with Gasteiger partial charge in [0.25, 0.3) is 0 Å². The van der Waals surface area contributed by atoms with E-state index in [1.54, 1.807) is 54.4 Å². The molecule has 0 saturated heterocycles. The maximum absolute atomic E-state index is 12.4. The van der Waals surface area contributed by atoms with Crippen LogP contribution in [-0.2, 0) is 16.4 Å². The smallest absolute Gasteiger partial charge is 0.402 e. The van der Waals surface area contributed by atoms with Gasteiger partial charge in [-0.05, 0) is 66.8 Å². The number of nitrogens with zero attached hydrogens (tertiary/aromatic N) is 1. The Morgan fingerprint density at radius 3 is 2.44 bits per heavy atom. The molecule has 10 heteroatoms. The Morgan fingerprint density at radius 2 is 1.79 bits per heavy atom. The number of benzene rings is 2. The van der Waals surface area contributed by atoms with Crippen LogP contribution in [0, 0.1) is 0 Å². The highest BCUT2D eigenvalue weighted by Crippen LogP contribution is 2.26. The van der Waals surface area contributed by atoms with Crippen molar-refractivity contribution in [2.24, 2.45) is 0 Å². The van der Waals surface area contributed by atoms with Crippen molar-refractivity contribution >= 4 is 10.0 Å². The van der Waals surface area contributed by atoms with Gasteiger partial charge >= 0.3 is 6.18 Å². The van der Waals surface area contributed by atoms with Gasteiger partial charge in [-0.2, -0.15) is 13.2 Å². The zero-order chi connectivity index (χ0) is 24.8. The van der Waals surface area contributed by atoms with Crippen LogP contribution in [0.3, 0.4) is 0 Å². The van der Waals surface area contributed by atoms with E-state index < -0.39 is 35.0 Å². The summed E-state index contributed by atoms with van der Waals surface area (Å²) in [5, 5.41) is 10.4. The molecule has 3 aromatic rings. The Kier molecular flexibility index (Phi) is 8.29. The summed E-state index contributed by atoms with van der Waals surface area (Å²) in [6, 6.07) is 16.2. The van der Waals surface area contributed by atoms with E-state index in [4.69, 9.17) is 4.74 Å². The van der Waals surface area contributed by atoms with Crippen molar-refractivity contribution < 1.29 is 31.4 Å². The van der Waals surface area contributed by atoms with Gasteiger partial charge < -0.3 is 9.84 Å². The van der Waals surface area contributed by atoms with Crippen LogP contribution in [0.2, 0.25) is 0 Å². The number of nitrogens with one attached hydrogen (secondary N) is 1. The number of aromatic nitrogens is 1. The van der Waals surface area contributed by atoms with Gasteiger partial charge in [0.1, 0.15) is 18.4 Å². The summed E-state index contributed by atoms with van der Waals surface area (Å²) in [5.74, 6) is 0.521. The minimum Gasteiger partial charge on any atom is -0.488 e. The first-order valence-electron chi connectivity index (χ1n) is 10.5. The van der Waals surface area contributed by atoms with Crippen LogP contribution in [0.4, 0.5) is 13.2 Å². The lowest BCUT2D eigenvalue weighted by atomic mass is 10.0. The van der Waals surface area contributed by atoms with E-state index in [0.29, 0.717) is 29.7 Å². The largest absolute Gasteiger partial charge is 0.488 e. The van der Waals surface area contributed by atoms with E-state index in [-0.39, 0.29) is 4.90 Å². The van der Waals surface area contributed by atoms with Gasteiger partial charge in [-0.3, -0.25) is 4.98 Å². The maximum Gasteiger partial charge on any atom is 0.402 e. The summed E-state index contributed by atoms with van der Waals surface area (Å²) in [7, 11) is -4.31. The van der Waals surface area contributed by atoms with Crippen molar-refractivity contribution in [2.75, 3.05) is 6.54 Å². The fraction of sp³-hybridized carbons (Fsp3) is 0.292. The molecule has 2 N–H and O–H groups in total. The van der Waals surface area contributed by atoms with Gasteiger partial charge in [-0.1, -0.05) is 30.3 Å². The zero-order valence-corrected chi connectivity index (χ0v) is 19.2. The van der Waals surface area contributed by atoms with Crippen molar-refractivity contribution in [3.05, 3.63) is 78.6 Å². The van der Waals surface area contributed by atoms with E-state index in [1.165, 1.54) is 18.2 Å². The fourth-order valence-electron chi connectivity index (χ4n) is 3.22. The summed E-state index contributed by atoms with van der Waals surface area (Å²) in [5.41, 5.74) is 2.20. The summed E-state index contributed by atoms with van der Waals surface area (Å²) < 4.78 is 68.9. The molecule has 0 aliphatic heterocycles. The molecule has 2 aromatic carbocycles. The number of hydrogen-bond acceptors (Lipinski definition) is 5. The molecule has 1 aromatic heterocycles. The van der Waals surface area contributed by atoms with Crippen LogP contribution in [0.1, 0.15) is 18.9 Å². The van der Waals surface area contributed by atoms with Crippen LogP contribution in [0.5, 0.6) is 5.75 Å². The SMILES string of the molecule is C[C@H](Oc1ccc(-c2cccc(S(=O)(=O)NCC(F)(F)F)c2)cc1)[C@H](O)CCc1cccnc1. The second-order valence-corrected chi connectivity index (χ2v) is 9.55. The van der Waals surface area contributed by atoms with Crippen molar-refractivity contribution in [2.45, 2.75) is 43.0 Å². The predicted molar refractivity (Wildman–Crippen MR) is 122 cm³/mol. The highest BCUT2D eigenvalue weighted by atomic mass is 32.2. The molecule has 182 valence electrons. The predicted octanol–water partition coefficient (Wildman–Crippen LogP) is 4.35. The first kappa shape index (κ1) is 25.7. The van der Waals surface area contributed by atoms with E-state index in [2.05, 4.69) is 4.98 Å². The topological polar surface area (TPSA) is 88.5 Å². The van der Waals surface area contributed by atoms with Crippen LogP contribution in [-0.4, -0.2) is 43.4 Å². The number of sulfonamides is 1. The fourth-order valence-corrected chi connectivity index (χ4v) is 4.28. The van der Waals surface area contributed by atoms with Gasteiger partial charge in [0, 0.05) is 12.4 Å². The molecule has 0 amide bonds. The Balaban J connectivity index is 1.62. The molecule has 0 aliphatic rings. The molecule has 0 aliphatic carbocycles. The minimum atomic E-state index is -4.65. The maximum atomic E-state index is 12.4. The van der Waals surface area contributed by atoms with Gasteiger partial charge in [0.15, 0.2) is 0 Å². The first-order chi connectivity index (χ1) is 16.0. The number of aryl methyl sites for hydroxylation is 1. The average molecular weight is 495 g/mol. The van der Waals surface area contributed by atoms with E-state index in [9.17, 15) is 26.7 Å². The standard InChI is InChI=1S/C24H25F3N2O4S/c1-17(23(30)12-7-18-4-3-13-28-15-18)33-21-10-8-19(9-11-21)20-5-2-6-22(14-20)34(31,32)29-16-24(25,26)27/h2-6,8-11,13-15,17,23,29-30H,7,12,16H2,1H3/t17-,23+/m0/s1. The van der Waals surface area contributed by atoms with Crippen LogP contribution in [0.25, 0.3) is 11.1 Å². The van der Waals surface area contributed by atoms with Crippen LogP contribution >= 0.6 is 0 Å². The van der Waals surface area contributed by atoms with Crippen molar-refractivity contribution in [3.8, 4) is 16.9 Å². The summed E-state index contributed by atoms with van der Waals surface area (Å²) in [6.45, 7) is 0.127. The highest BCUT2D eigenvalue weighted by Gasteiger charge is 2.30.